The van der Waals surface area contributed by atoms with E-state index in [4.69, 9.17) is 24.9 Å². The van der Waals surface area contributed by atoms with Crippen molar-refractivity contribution in [1.82, 2.24) is 0 Å². The maximum Gasteiger partial charge on any atom is 0.414 e. The van der Waals surface area contributed by atoms with Gasteiger partial charge in [0.15, 0.2) is 0 Å². The lowest BCUT2D eigenvalue weighted by Crippen LogP contribution is -2.09. The Kier molecular flexibility index (Phi) is 4.77. The van der Waals surface area contributed by atoms with E-state index >= 15 is 0 Å². The molecule has 0 heterocycles. The fourth-order valence-electron chi connectivity index (χ4n) is 0.545. The van der Waals surface area contributed by atoms with Crippen LogP contribution in [-0.4, -0.2) is 27.3 Å². The Labute approximate surface area is 80.2 Å². The van der Waals surface area contributed by atoms with E-state index in [9.17, 15) is 0 Å². The van der Waals surface area contributed by atoms with Crippen molar-refractivity contribution in [2.24, 2.45) is 0 Å². The highest BCUT2D eigenvalue weighted by molar-refractivity contribution is 6.27. The van der Waals surface area contributed by atoms with Crippen LogP contribution in [0.15, 0.2) is 24.3 Å². The first kappa shape index (κ1) is 12.0. The molecule has 0 saturated carbocycles. The van der Waals surface area contributed by atoms with Crippen LogP contribution < -0.4 is 0 Å². The summed E-state index contributed by atoms with van der Waals surface area (Å²) < 4.78 is 0. The zero-order valence-electron chi connectivity index (χ0n) is 7.47. The molecule has 0 saturated heterocycles. The van der Waals surface area contributed by atoms with E-state index in [1.807, 2.05) is 19.1 Å². The molecule has 1 aromatic rings. The second-order valence-corrected chi connectivity index (χ2v) is 2.45. The third kappa shape index (κ3) is 5.59. The molecule has 0 aromatic heterocycles. The van der Waals surface area contributed by atoms with Gasteiger partial charge in [0.05, 0.1) is 0 Å². The van der Waals surface area contributed by atoms with Gasteiger partial charge in [-0.15, -0.1) is 0 Å². The summed E-state index contributed by atoms with van der Waals surface area (Å²) in [6.07, 6.45) is 0. The first-order chi connectivity index (χ1) is 6.43. The molecule has 76 valence electrons. The summed E-state index contributed by atoms with van der Waals surface area (Å²) in [5.74, 6) is -3.32. The summed E-state index contributed by atoms with van der Waals surface area (Å²) in [6, 6.07) is 7.09. The smallest absolute Gasteiger partial charge is 0.414 e. The fraction of sp³-hybridized carbons (Fsp3) is 0.111. The lowest BCUT2D eigenvalue weighted by atomic mass is 10.2. The van der Waals surface area contributed by atoms with Crippen LogP contribution in [0, 0.1) is 6.92 Å². The number of carboxylic acid groups (broad SMARTS) is 2. The zero-order chi connectivity index (χ0) is 11.1. The summed E-state index contributed by atoms with van der Waals surface area (Å²) in [6.45, 7) is 1.99. The molecule has 1 aromatic carbocycles. The Bertz CT molecular complexity index is 281. The number of phenols is 1. The number of rotatable bonds is 0. The molecule has 0 aliphatic heterocycles. The summed E-state index contributed by atoms with van der Waals surface area (Å²) in [5.41, 5.74) is 1.17. The predicted octanol–water partition coefficient (Wildman–Crippen LogP) is 0.856. The number of hydrogen-bond donors (Lipinski definition) is 3. The molecule has 0 spiro atoms. The topological polar surface area (TPSA) is 94.8 Å². The largest absolute Gasteiger partial charge is 0.508 e. The van der Waals surface area contributed by atoms with Gasteiger partial charge in [0.25, 0.3) is 0 Å². The number of aromatic hydroxyl groups is 1. The molecule has 3 N–H and O–H groups in total. The zero-order valence-corrected chi connectivity index (χ0v) is 7.47. The van der Waals surface area contributed by atoms with Crippen molar-refractivity contribution in [3.63, 3.8) is 0 Å². The molecular formula is C9H10O5. The molecule has 5 heteroatoms. The molecule has 0 amide bonds. The van der Waals surface area contributed by atoms with Gasteiger partial charge in [-0.05, 0) is 19.1 Å². The van der Waals surface area contributed by atoms with Crippen LogP contribution in [0.5, 0.6) is 5.75 Å². The van der Waals surface area contributed by atoms with E-state index in [1.54, 1.807) is 12.1 Å². The van der Waals surface area contributed by atoms with E-state index in [0.29, 0.717) is 5.75 Å². The van der Waals surface area contributed by atoms with E-state index < -0.39 is 11.9 Å². The minimum Gasteiger partial charge on any atom is -0.508 e. The quantitative estimate of drug-likeness (QED) is 0.537. The molecule has 0 unspecified atom stereocenters. The summed E-state index contributed by atoms with van der Waals surface area (Å²) >= 11 is 0. The molecule has 0 fully saturated rings. The van der Waals surface area contributed by atoms with E-state index in [2.05, 4.69) is 0 Å². The van der Waals surface area contributed by atoms with Crippen LogP contribution in [0.4, 0.5) is 0 Å². The maximum atomic E-state index is 9.10. The number of aryl methyl sites for hydroxylation is 1. The monoisotopic (exact) mass is 198 g/mol. The molecule has 0 radical (unpaired) electrons. The second-order valence-electron chi connectivity index (χ2n) is 2.45. The van der Waals surface area contributed by atoms with Crippen LogP contribution in [0.25, 0.3) is 0 Å². The van der Waals surface area contributed by atoms with Crippen molar-refractivity contribution < 1.29 is 24.9 Å². The van der Waals surface area contributed by atoms with Crippen molar-refractivity contribution in [2.75, 3.05) is 0 Å². The number of hydrogen-bond acceptors (Lipinski definition) is 3. The summed E-state index contributed by atoms with van der Waals surface area (Å²) in [7, 11) is 0. The normalized spacial score (nSPS) is 8.36. The highest BCUT2D eigenvalue weighted by atomic mass is 16.4. The van der Waals surface area contributed by atoms with Crippen molar-refractivity contribution in [2.45, 2.75) is 6.92 Å². The van der Waals surface area contributed by atoms with Gasteiger partial charge in [-0.25, -0.2) is 9.59 Å². The van der Waals surface area contributed by atoms with Gasteiger partial charge < -0.3 is 15.3 Å². The number of benzene rings is 1. The van der Waals surface area contributed by atoms with Gasteiger partial charge in [0.2, 0.25) is 0 Å². The van der Waals surface area contributed by atoms with Crippen LogP contribution in [-0.2, 0) is 9.59 Å². The lowest BCUT2D eigenvalue weighted by molar-refractivity contribution is -0.159. The van der Waals surface area contributed by atoms with Gasteiger partial charge in [-0.2, -0.15) is 0 Å². The average Bonchev–Trinajstić information content (AvgIpc) is 2.11. The minimum absolute atomic E-state index is 0.329. The first-order valence-electron chi connectivity index (χ1n) is 3.65. The highest BCUT2D eigenvalue weighted by Gasteiger charge is 2.04. The van der Waals surface area contributed by atoms with Crippen LogP contribution >= 0.6 is 0 Å². The standard InChI is InChI=1S/C7H8O.C2H2O4/c1-6-2-4-7(8)5-3-6;3-1(4)2(5)6/h2-5,8H,1H3;(H,3,4)(H,5,6). The van der Waals surface area contributed by atoms with E-state index in [1.165, 1.54) is 5.56 Å². The highest BCUT2D eigenvalue weighted by Crippen LogP contribution is 2.07. The second kappa shape index (κ2) is 5.58. The SMILES string of the molecule is Cc1ccc(O)cc1.O=C(O)C(=O)O. The Morgan fingerprint density at radius 2 is 1.36 bits per heavy atom. The van der Waals surface area contributed by atoms with Crippen molar-refractivity contribution >= 4 is 11.9 Å². The van der Waals surface area contributed by atoms with E-state index in [-0.39, 0.29) is 0 Å². The van der Waals surface area contributed by atoms with E-state index in [0.717, 1.165) is 0 Å². The fourth-order valence-corrected chi connectivity index (χ4v) is 0.545. The summed E-state index contributed by atoms with van der Waals surface area (Å²) in [4.78, 5) is 18.2. The molecule has 0 aliphatic rings. The molecule has 0 bridgehead atoms. The van der Waals surface area contributed by atoms with Gasteiger partial charge in [-0.1, -0.05) is 17.7 Å². The minimum atomic E-state index is -1.82. The first-order valence-corrected chi connectivity index (χ1v) is 3.65. The Morgan fingerprint density at radius 3 is 1.57 bits per heavy atom. The number of phenolic OH excluding ortho intramolecular Hbond substituents is 1. The molecule has 1 rings (SSSR count). The van der Waals surface area contributed by atoms with Crippen molar-refractivity contribution in [1.29, 1.82) is 0 Å². The predicted molar refractivity (Wildman–Crippen MR) is 48.1 cm³/mol. The third-order valence-electron chi connectivity index (χ3n) is 1.22. The van der Waals surface area contributed by atoms with Crippen molar-refractivity contribution in [3.8, 4) is 5.75 Å². The number of aliphatic carboxylic acids is 2. The molecule has 5 nitrogen and oxygen atoms in total. The van der Waals surface area contributed by atoms with Crippen LogP contribution in [0.1, 0.15) is 5.56 Å². The average molecular weight is 198 g/mol. The maximum absolute atomic E-state index is 9.10. The molecule has 14 heavy (non-hydrogen) atoms. The lowest BCUT2D eigenvalue weighted by Gasteiger charge is -1.89. The molecule has 0 aliphatic carbocycles. The van der Waals surface area contributed by atoms with Gasteiger partial charge >= 0.3 is 11.9 Å². The van der Waals surface area contributed by atoms with Gasteiger partial charge in [-0.3, -0.25) is 0 Å². The molecule has 0 atom stereocenters. The van der Waals surface area contributed by atoms with Crippen LogP contribution in [0.3, 0.4) is 0 Å². The Morgan fingerprint density at radius 1 is 1.00 bits per heavy atom. The van der Waals surface area contributed by atoms with Crippen LogP contribution in [0.2, 0.25) is 0 Å². The molecular weight excluding hydrogens is 188 g/mol. The third-order valence-corrected chi connectivity index (χ3v) is 1.22. The van der Waals surface area contributed by atoms with Crippen molar-refractivity contribution in [3.05, 3.63) is 29.8 Å². The number of carbonyl (C=O) groups is 2. The Hall–Kier alpha value is -2.04. The Balaban J connectivity index is 0.000000255. The van der Waals surface area contributed by atoms with Gasteiger partial charge in [0.1, 0.15) is 5.75 Å². The van der Waals surface area contributed by atoms with Gasteiger partial charge in [0, 0.05) is 0 Å². The summed E-state index contributed by atoms with van der Waals surface area (Å²) in [5, 5.41) is 23.5. The number of carboxylic acids is 2.